The second-order valence-electron chi connectivity index (χ2n) is 16.2. The Morgan fingerprint density at radius 1 is 0.462 bits per heavy atom. The van der Waals surface area contributed by atoms with Gasteiger partial charge in [-0.15, -0.1) is 0 Å². The molecule has 0 rings (SSSR count). The third-order valence-corrected chi connectivity index (χ3v) is 11.0. The summed E-state index contributed by atoms with van der Waals surface area (Å²) in [7, 11) is 0. The Balaban J connectivity index is 3.50. The van der Waals surface area contributed by atoms with Gasteiger partial charge in [-0.3, -0.25) is 4.79 Å². The van der Waals surface area contributed by atoms with Gasteiger partial charge in [0.25, 0.3) is 0 Å². The number of nitrogens with one attached hydrogen (secondary N) is 1. The van der Waals surface area contributed by atoms with Crippen LogP contribution in [-0.2, 0) is 4.79 Å². The van der Waals surface area contributed by atoms with Gasteiger partial charge in [-0.2, -0.15) is 0 Å². The number of unbranched alkanes of at least 4 members (excludes halogenated alkanes) is 32. The van der Waals surface area contributed by atoms with E-state index in [1.807, 2.05) is 0 Å². The van der Waals surface area contributed by atoms with E-state index in [0.717, 1.165) is 32.1 Å². The molecule has 0 aliphatic carbocycles. The molecule has 3 N–H and O–H groups in total. The summed E-state index contributed by atoms with van der Waals surface area (Å²) in [6, 6.07) is -0.537. The van der Waals surface area contributed by atoms with Crippen LogP contribution in [0.2, 0.25) is 0 Å². The van der Waals surface area contributed by atoms with Crippen molar-refractivity contribution in [1.29, 1.82) is 0 Å². The standard InChI is InChI=1S/C48H93NO3/c1-3-5-7-9-11-13-15-17-19-21-23-24-26-28-30-32-34-36-38-40-42-44-48(52)49-46(45-50)47(51)43-41-39-37-35-33-31-29-27-25-22-20-18-16-14-12-10-8-6-4-2/h15,17,21,23,46-47,50-51H,3-14,16,18-20,22,24-45H2,1-2H3,(H,49,52)/b17-15-,23-21-. The van der Waals surface area contributed by atoms with Crippen LogP contribution in [0.1, 0.15) is 258 Å². The molecule has 0 saturated carbocycles. The molecule has 4 nitrogen and oxygen atoms in total. The zero-order valence-electron chi connectivity index (χ0n) is 35.3. The molecule has 308 valence electrons. The minimum Gasteiger partial charge on any atom is -0.394 e. The van der Waals surface area contributed by atoms with Crippen LogP contribution in [0.4, 0.5) is 0 Å². The van der Waals surface area contributed by atoms with Crippen molar-refractivity contribution in [3.63, 3.8) is 0 Å². The summed E-state index contributed by atoms with van der Waals surface area (Å²) < 4.78 is 0. The number of aliphatic hydroxyl groups excluding tert-OH is 2. The summed E-state index contributed by atoms with van der Waals surface area (Å²) in [4.78, 5) is 12.4. The maximum absolute atomic E-state index is 12.4. The first-order valence-electron chi connectivity index (χ1n) is 23.5. The van der Waals surface area contributed by atoms with Crippen LogP contribution in [-0.4, -0.2) is 34.9 Å². The van der Waals surface area contributed by atoms with Crippen molar-refractivity contribution < 1.29 is 15.0 Å². The maximum atomic E-state index is 12.4. The van der Waals surface area contributed by atoms with Gasteiger partial charge in [0.15, 0.2) is 0 Å². The minimum absolute atomic E-state index is 0.0332. The molecule has 0 spiro atoms. The highest BCUT2D eigenvalue weighted by Crippen LogP contribution is 2.16. The topological polar surface area (TPSA) is 69.6 Å². The van der Waals surface area contributed by atoms with Gasteiger partial charge < -0.3 is 15.5 Å². The number of aliphatic hydroxyl groups is 2. The van der Waals surface area contributed by atoms with Gasteiger partial charge in [-0.05, 0) is 44.9 Å². The van der Waals surface area contributed by atoms with E-state index in [1.54, 1.807) is 0 Å². The molecule has 1 amide bonds. The molecule has 0 aromatic rings. The molecule has 0 heterocycles. The Morgan fingerprint density at radius 3 is 1.15 bits per heavy atom. The molecular weight excluding hydrogens is 639 g/mol. The van der Waals surface area contributed by atoms with Crippen LogP contribution < -0.4 is 5.32 Å². The van der Waals surface area contributed by atoms with E-state index in [9.17, 15) is 15.0 Å². The fraction of sp³-hybridized carbons (Fsp3) is 0.896. The van der Waals surface area contributed by atoms with Crippen LogP contribution in [0.3, 0.4) is 0 Å². The Bertz CT molecular complexity index is 750. The van der Waals surface area contributed by atoms with Gasteiger partial charge in [0.05, 0.1) is 18.8 Å². The largest absolute Gasteiger partial charge is 0.394 e. The van der Waals surface area contributed by atoms with E-state index in [2.05, 4.69) is 43.5 Å². The number of amides is 1. The highest BCUT2D eigenvalue weighted by molar-refractivity contribution is 5.76. The minimum atomic E-state index is -0.660. The number of hydrogen-bond acceptors (Lipinski definition) is 3. The molecule has 0 fully saturated rings. The highest BCUT2D eigenvalue weighted by Gasteiger charge is 2.20. The van der Waals surface area contributed by atoms with Crippen molar-refractivity contribution in [2.75, 3.05) is 6.61 Å². The third kappa shape index (κ3) is 40.1. The number of carbonyl (C=O) groups excluding carboxylic acids is 1. The van der Waals surface area contributed by atoms with Gasteiger partial charge in [-0.25, -0.2) is 0 Å². The zero-order chi connectivity index (χ0) is 37.8. The summed E-state index contributed by atoms with van der Waals surface area (Å²) in [5.74, 6) is -0.0332. The molecule has 0 aliphatic heterocycles. The second-order valence-corrected chi connectivity index (χ2v) is 16.2. The van der Waals surface area contributed by atoms with E-state index in [0.29, 0.717) is 12.8 Å². The van der Waals surface area contributed by atoms with Crippen molar-refractivity contribution >= 4 is 5.91 Å². The molecule has 52 heavy (non-hydrogen) atoms. The van der Waals surface area contributed by atoms with E-state index >= 15 is 0 Å². The summed E-state index contributed by atoms with van der Waals surface area (Å²) >= 11 is 0. The van der Waals surface area contributed by atoms with E-state index < -0.39 is 12.1 Å². The SMILES string of the molecule is CCCCCCC/C=C\C/C=C\CCCCCCCCCCCC(=O)NC(CO)C(O)CCCCCCCCCCCCCCCCCCCCC. The van der Waals surface area contributed by atoms with Gasteiger partial charge >= 0.3 is 0 Å². The van der Waals surface area contributed by atoms with Crippen molar-refractivity contribution in [1.82, 2.24) is 5.32 Å². The van der Waals surface area contributed by atoms with Crippen molar-refractivity contribution in [3.8, 4) is 0 Å². The molecule has 2 atom stereocenters. The van der Waals surface area contributed by atoms with Crippen LogP contribution in [0.5, 0.6) is 0 Å². The average Bonchev–Trinajstić information content (AvgIpc) is 3.15. The summed E-state index contributed by atoms with van der Waals surface area (Å²) in [5.41, 5.74) is 0. The smallest absolute Gasteiger partial charge is 0.220 e. The van der Waals surface area contributed by atoms with Crippen molar-refractivity contribution in [3.05, 3.63) is 24.3 Å². The molecule has 0 saturated heterocycles. The predicted octanol–water partition coefficient (Wildman–Crippen LogP) is 14.8. The molecule has 0 aromatic carbocycles. The van der Waals surface area contributed by atoms with Gasteiger partial charge in [0.1, 0.15) is 0 Å². The van der Waals surface area contributed by atoms with Crippen LogP contribution in [0.15, 0.2) is 24.3 Å². The number of carbonyl (C=O) groups is 1. The Hall–Kier alpha value is -1.13. The normalized spacial score (nSPS) is 13.1. The maximum Gasteiger partial charge on any atom is 0.220 e. The lowest BCUT2D eigenvalue weighted by Gasteiger charge is -2.22. The zero-order valence-corrected chi connectivity index (χ0v) is 35.3. The monoisotopic (exact) mass is 732 g/mol. The quantitative estimate of drug-likeness (QED) is 0.0432. The lowest BCUT2D eigenvalue weighted by Crippen LogP contribution is -2.45. The third-order valence-electron chi connectivity index (χ3n) is 11.0. The lowest BCUT2D eigenvalue weighted by molar-refractivity contribution is -0.123. The molecular formula is C48H93NO3. The first-order chi connectivity index (χ1) is 25.7. The molecule has 0 radical (unpaired) electrons. The molecule has 4 heteroatoms. The Kier molecular flexibility index (Phi) is 43.3. The molecule has 2 unspecified atom stereocenters. The first-order valence-corrected chi connectivity index (χ1v) is 23.5. The average molecular weight is 732 g/mol. The van der Waals surface area contributed by atoms with Crippen molar-refractivity contribution in [2.45, 2.75) is 270 Å². The van der Waals surface area contributed by atoms with Crippen LogP contribution in [0.25, 0.3) is 0 Å². The lowest BCUT2D eigenvalue weighted by atomic mass is 10.0. The molecule has 0 aliphatic rings. The summed E-state index contributed by atoms with van der Waals surface area (Å²) in [5, 5.41) is 23.2. The van der Waals surface area contributed by atoms with Gasteiger partial charge in [-0.1, -0.05) is 231 Å². The van der Waals surface area contributed by atoms with Gasteiger partial charge in [0, 0.05) is 6.42 Å². The first kappa shape index (κ1) is 50.9. The summed E-state index contributed by atoms with van der Waals surface area (Å²) in [6.07, 6.45) is 56.9. The summed E-state index contributed by atoms with van der Waals surface area (Å²) in [6.45, 7) is 4.36. The fourth-order valence-corrected chi connectivity index (χ4v) is 7.33. The Morgan fingerprint density at radius 2 is 0.788 bits per heavy atom. The highest BCUT2D eigenvalue weighted by atomic mass is 16.3. The van der Waals surface area contributed by atoms with Crippen LogP contribution >= 0.6 is 0 Å². The van der Waals surface area contributed by atoms with E-state index in [4.69, 9.17) is 0 Å². The number of rotatable bonds is 43. The Labute approximate surface area is 326 Å². The molecule has 0 bridgehead atoms. The fourth-order valence-electron chi connectivity index (χ4n) is 7.33. The van der Waals surface area contributed by atoms with Crippen molar-refractivity contribution in [2.24, 2.45) is 0 Å². The van der Waals surface area contributed by atoms with Gasteiger partial charge in [0.2, 0.25) is 5.91 Å². The number of allylic oxidation sites excluding steroid dienone is 4. The van der Waals surface area contributed by atoms with E-state index in [1.165, 1.54) is 199 Å². The second kappa shape index (κ2) is 44.3. The predicted molar refractivity (Wildman–Crippen MR) is 230 cm³/mol. The van der Waals surface area contributed by atoms with Crippen LogP contribution in [0, 0.1) is 0 Å². The molecule has 0 aromatic heterocycles. The number of hydrogen-bond donors (Lipinski definition) is 3. The van der Waals surface area contributed by atoms with E-state index in [-0.39, 0.29) is 12.5 Å².